The number of aliphatic hydroxyl groups excluding tert-OH is 1. The first kappa shape index (κ1) is 41.2. The second-order valence-electron chi connectivity index (χ2n) is 13.8. The van der Waals surface area contributed by atoms with Crippen molar-refractivity contribution in [2.45, 2.75) is 74.5 Å². The van der Waals surface area contributed by atoms with Gasteiger partial charge < -0.3 is 24.1 Å². The molecule has 0 radical (unpaired) electrons. The summed E-state index contributed by atoms with van der Waals surface area (Å²) >= 11 is 15.6. The molecule has 0 bridgehead atoms. The van der Waals surface area contributed by atoms with Gasteiger partial charge in [-0.2, -0.15) is 0 Å². The van der Waals surface area contributed by atoms with Crippen LogP contribution in [0.25, 0.3) is 5.57 Å². The molecule has 0 aromatic heterocycles. The zero-order valence-corrected chi connectivity index (χ0v) is 34.1. The van der Waals surface area contributed by atoms with Crippen LogP contribution in [0, 0.1) is 27.7 Å². The van der Waals surface area contributed by atoms with Gasteiger partial charge in [-0.25, -0.2) is 0 Å². The minimum atomic E-state index is -1.10. The summed E-state index contributed by atoms with van der Waals surface area (Å²) in [5, 5.41) is 11.5. The van der Waals surface area contributed by atoms with E-state index < -0.39 is 21.4 Å². The van der Waals surface area contributed by atoms with Crippen LogP contribution in [0.3, 0.4) is 0 Å². The lowest BCUT2D eigenvalue weighted by molar-refractivity contribution is -0.147. The molecule has 3 unspecified atom stereocenters. The van der Waals surface area contributed by atoms with Gasteiger partial charge in [0, 0.05) is 34.6 Å². The van der Waals surface area contributed by atoms with Crippen molar-refractivity contribution in [1.82, 2.24) is 0 Å². The van der Waals surface area contributed by atoms with Crippen LogP contribution in [0.4, 0.5) is 0 Å². The molecule has 6 rings (SSSR count). The van der Waals surface area contributed by atoms with Crippen LogP contribution >= 0.6 is 46.7 Å². The quantitative estimate of drug-likeness (QED) is 0.166. The molecule has 2 fully saturated rings. The van der Waals surface area contributed by atoms with Crippen LogP contribution in [-0.2, 0) is 34.3 Å². The number of aryl methyl sites for hydroxylation is 4. The van der Waals surface area contributed by atoms with E-state index >= 15 is 0 Å². The molecule has 3 atom stereocenters. The van der Waals surface area contributed by atoms with Gasteiger partial charge in [0.1, 0.15) is 22.2 Å². The molecule has 2 saturated heterocycles. The SMILES string of the molecule is COC(=O)C(C(=O)C1(SCc2ccc(OC)cc2)CCCOC1)c1c(C)cc(C)cc1Cl.Cc1cc(C)c(C2=C(O)C3(CCCOC3)SC2=O)c(Cl)c1. The largest absolute Gasteiger partial charge is 0.510 e. The number of ether oxygens (including phenoxy) is 4. The van der Waals surface area contributed by atoms with Gasteiger partial charge in [-0.1, -0.05) is 59.2 Å². The Bertz CT molecular complexity index is 1830. The lowest BCUT2D eigenvalue weighted by atomic mass is 9.82. The molecule has 53 heavy (non-hydrogen) atoms. The Balaban J connectivity index is 0.000000222. The van der Waals surface area contributed by atoms with Crippen molar-refractivity contribution in [2.75, 3.05) is 40.6 Å². The van der Waals surface area contributed by atoms with Crippen LogP contribution in [-0.4, -0.2) is 72.1 Å². The minimum Gasteiger partial charge on any atom is -0.510 e. The molecule has 3 aliphatic heterocycles. The molecule has 3 aliphatic rings. The van der Waals surface area contributed by atoms with Crippen molar-refractivity contribution < 1.29 is 38.4 Å². The second kappa shape index (κ2) is 17.6. The number of benzene rings is 3. The molecule has 0 aliphatic carbocycles. The number of esters is 1. The Morgan fingerprint density at radius 3 is 2.08 bits per heavy atom. The summed E-state index contributed by atoms with van der Waals surface area (Å²) in [6.45, 7) is 9.58. The van der Waals surface area contributed by atoms with Crippen molar-refractivity contribution in [2.24, 2.45) is 0 Å². The lowest BCUT2D eigenvalue weighted by Crippen LogP contribution is -2.48. The Morgan fingerprint density at radius 2 is 1.53 bits per heavy atom. The fourth-order valence-electron chi connectivity index (χ4n) is 7.21. The van der Waals surface area contributed by atoms with Gasteiger partial charge in [0.2, 0.25) is 5.12 Å². The van der Waals surface area contributed by atoms with Crippen LogP contribution in [0.2, 0.25) is 10.0 Å². The number of ketones is 1. The highest BCUT2D eigenvalue weighted by Crippen LogP contribution is 2.51. The number of halogens is 2. The van der Waals surface area contributed by atoms with E-state index in [0.29, 0.717) is 58.7 Å². The average Bonchev–Trinajstić information content (AvgIpc) is 3.36. The summed E-state index contributed by atoms with van der Waals surface area (Å²) in [7, 11) is 2.93. The van der Waals surface area contributed by atoms with Crippen molar-refractivity contribution in [1.29, 1.82) is 0 Å². The van der Waals surface area contributed by atoms with E-state index in [1.807, 2.05) is 70.2 Å². The highest BCUT2D eigenvalue weighted by Gasteiger charge is 2.50. The van der Waals surface area contributed by atoms with Crippen molar-refractivity contribution >= 4 is 69.2 Å². The Hall–Kier alpha value is -2.99. The smallest absolute Gasteiger partial charge is 0.320 e. The van der Waals surface area contributed by atoms with Crippen molar-refractivity contribution in [3.63, 3.8) is 0 Å². The summed E-state index contributed by atoms with van der Waals surface area (Å²) in [5.41, 5.74) is 6.30. The number of methoxy groups -OCH3 is 2. The number of rotatable bonds is 9. The molecule has 12 heteroatoms. The van der Waals surface area contributed by atoms with Crippen LogP contribution in [0.15, 0.2) is 54.3 Å². The predicted molar refractivity (Wildman–Crippen MR) is 214 cm³/mol. The fraction of sp³-hybridized carbons (Fsp3) is 0.439. The molecule has 284 valence electrons. The van der Waals surface area contributed by atoms with E-state index in [-0.39, 0.29) is 23.3 Å². The number of hydrogen-bond acceptors (Lipinski definition) is 10. The second-order valence-corrected chi connectivity index (χ2v) is 17.3. The van der Waals surface area contributed by atoms with E-state index in [0.717, 1.165) is 52.8 Å². The summed E-state index contributed by atoms with van der Waals surface area (Å²) in [5.74, 6) is -0.395. The zero-order chi connectivity index (χ0) is 38.5. The summed E-state index contributed by atoms with van der Waals surface area (Å²) < 4.78 is 20.1. The Labute approximate surface area is 330 Å². The minimum absolute atomic E-state index is 0.119. The Kier molecular flexibility index (Phi) is 13.7. The van der Waals surface area contributed by atoms with Gasteiger partial charge in [0.25, 0.3) is 0 Å². The molecule has 1 N–H and O–H groups in total. The molecule has 8 nitrogen and oxygen atoms in total. The first-order valence-corrected chi connectivity index (χ1v) is 20.1. The van der Waals surface area contributed by atoms with E-state index in [1.165, 1.54) is 30.6 Å². The topological polar surface area (TPSA) is 108 Å². The monoisotopic (exact) mass is 800 g/mol. The first-order chi connectivity index (χ1) is 25.3. The van der Waals surface area contributed by atoms with Crippen LogP contribution in [0.1, 0.15) is 70.5 Å². The highest BCUT2D eigenvalue weighted by molar-refractivity contribution is 8.16. The molecule has 3 aromatic carbocycles. The number of aliphatic hydroxyl groups is 1. The summed E-state index contributed by atoms with van der Waals surface area (Å²) in [4.78, 5) is 39.4. The lowest BCUT2D eigenvalue weighted by Gasteiger charge is -2.37. The summed E-state index contributed by atoms with van der Waals surface area (Å²) in [6, 6.07) is 15.3. The highest BCUT2D eigenvalue weighted by atomic mass is 35.5. The standard InChI is InChI=1S/C25H29ClO5S.C16H17ClO3S/c1-16-12-17(2)21(20(26)13-16)22(24(28)30-4)23(27)25(10-5-11-31-15-25)32-14-18-6-8-19(29-3)9-7-18;1-9-6-10(2)12(11(17)7-9)13-14(18)16(21-15(13)19)4-3-5-20-8-16/h6-9,12-13,22H,5,10-11,14-15H2,1-4H3;6-7,18H,3-5,8H2,1-2H3. The Morgan fingerprint density at radius 1 is 0.906 bits per heavy atom. The van der Waals surface area contributed by atoms with E-state index in [4.69, 9.17) is 42.1 Å². The number of Topliss-reactive ketones (excluding diaryl/α,β-unsaturated/α-hetero) is 1. The molecular weight excluding hydrogens is 755 g/mol. The number of thioether (sulfide) groups is 2. The van der Waals surface area contributed by atoms with Gasteiger partial charge in [-0.15, -0.1) is 11.8 Å². The van der Waals surface area contributed by atoms with E-state index in [9.17, 15) is 19.5 Å². The van der Waals surface area contributed by atoms with Gasteiger partial charge >= 0.3 is 5.97 Å². The van der Waals surface area contributed by atoms with Crippen LogP contribution < -0.4 is 4.74 Å². The first-order valence-electron chi connectivity index (χ1n) is 17.5. The number of carbonyl (C=O) groups excluding carboxylic acids is 3. The third kappa shape index (κ3) is 8.95. The number of hydrogen-bond donors (Lipinski definition) is 1. The van der Waals surface area contributed by atoms with Crippen LogP contribution in [0.5, 0.6) is 5.75 Å². The normalized spacial score (nSPS) is 21.9. The van der Waals surface area contributed by atoms with Gasteiger partial charge in [0.15, 0.2) is 5.78 Å². The molecule has 0 amide bonds. The van der Waals surface area contributed by atoms with E-state index in [2.05, 4.69) is 0 Å². The summed E-state index contributed by atoms with van der Waals surface area (Å²) in [6.07, 6.45) is 2.97. The van der Waals surface area contributed by atoms with Gasteiger partial charge in [0.05, 0.1) is 37.8 Å². The molecule has 1 spiro atoms. The maximum Gasteiger partial charge on any atom is 0.320 e. The average molecular weight is 802 g/mol. The molecule has 0 saturated carbocycles. The fourth-order valence-corrected chi connectivity index (χ4v) is 10.7. The van der Waals surface area contributed by atoms with Crippen molar-refractivity contribution in [3.05, 3.63) is 103 Å². The molecule has 3 aromatic rings. The maximum absolute atomic E-state index is 14.1. The molecular formula is C41H46Cl2O8S2. The third-order valence-electron chi connectivity index (χ3n) is 9.84. The van der Waals surface area contributed by atoms with Crippen molar-refractivity contribution in [3.8, 4) is 5.75 Å². The number of carbonyl (C=O) groups is 3. The van der Waals surface area contributed by atoms with E-state index in [1.54, 1.807) is 13.2 Å². The zero-order valence-electron chi connectivity index (χ0n) is 30.9. The van der Waals surface area contributed by atoms with Gasteiger partial charge in [-0.05, 0) is 111 Å². The third-order valence-corrected chi connectivity index (χ3v) is 13.3. The predicted octanol–water partition coefficient (Wildman–Crippen LogP) is 9.32. The van der Waals surface area contributed by atoms with Gasteiger partial charge in [-0.3, -0.25) is 14.4 Å². The molecule has 3 heterocycles. The maximum atomic E-state index is 14.1.